The summed E-state index contributed by atoms with van der Waals surface area (Å²) in [6.45, 7) is 7.92. The van der Waals surface area contributed by atoms with Gasteiger partial charge in [0.15, 0.2) is 15.8 Å². The molecule has 1 aromatic rings. The minimum atomic E-state index is -3.17. The van der Waals surface area contributed by atoms with Gasteiger partial charge in [-0.05, 0) is 38.0 Å². The van der Waals surface area contributed by atoms with Crippen molar-refractivity contribution in [3.05, 3.63) is 29.3 Å². The Hall–Kier alpha value is -0.830. The van der Waals surface area contributed by atoms with E-state index in [2.05, 4.69) is 4.99 Å². The number of hydrogen-bond donors (Lipinski definition) is 1. The zero-order valence-corrected chi connectivity index (χ0v) is 16.1. The largest absolute Gasteiger partial charge is 0.370 e. The molecule has 0 unspecified atom stereocenters. The molecule has 0 aliphatic heterocycles. The predicted molar refractivity (Wildman–Crippen MR) is 98.0 cm³/mol. The summed E-state index contributed by atoms with van der Waals surface area (Å²) in [5.74, 6) is 0.514. The number of aliphatic imine (C=N–C) groups is 1. The molecule has 0 saturated heterocycles. The average molecular weight is 425 g/mol. The first kappa shape index (κ1) is 20.2. The fourth-order valence-electron chi connectivity index (χ4n) is 2.05. The second kappa shape index (κ2) is 8.57. The maximum absolute atomic E-state index is 11.5. The van der Waals surface area contributed by atoms with Crippen LogP contribution < -0.4 is 5.73 Å². The van der Waals surface area contributed by atoms with Crippen LogP contribution in [0.4, 0.5) is 0 Å². The number of sulfone groups is 1. The van der Waals surface area contributed by atoms with Crippen molar-refractivity contribution in [1.29, 1.82) is 0 Å². The van der Waals surface area contributed by atoms with Gasteiger partial charge in [-0.15, -0.1) is 24.0 Å². The lowest BCUT2D eigenvalue weighted by atomic mass is 10.1. The molecule has 0 radical (unpaired) electrons. The summed E-state index contributed by atoms with van der Waals surface area (Å²) in [7, 11) is -3.17. The molecule has 1 aromatic carbocycles. The van der Waals surface area contributed by atoms with Gasteiger partial charge in [0.2, 0.25) is 0 Å². The minimum absolute atomic E-state index is 0. The SMILES string of the molecule is CCN(CC)C(N)=NCc1ccc(S(C)(=O)=O)c(C)c1.I. The van der Waals surface area contributed by atoms with Gasteiger partial charge in [-0.2, -0.15) is 0 Å². The molecule has 2 N–H and O–H groups in total. The first-order valence-electron chi connectivity index (χ1n) is 6.64. The van der Waals surface area contributed by atoms with Gasteiger partial charge in [-0.1, -0.05) is 12.1 Å². The standard InChI is InChI=1S/C14H23N3O2S.HI/c1-5-17(6-2)14(15)16-10-12-7-8-13(11(3)9-12)20(4,18)19;/h7-9H,5-6,10H2,1-4H3,(H2,15,16);1H. The van der Waals surface area contributed by atoms with Crippen molar-refractivity contribution in [3.8, 4) is 0 Å². The van der Waals surface area contributed by atoms with Crippen LogP contribution in [0.15, 0.2) is 28.1 Å². The van der Waals surface area contributed by atoms with Crippen molar-refractivity contribution < 1.29 is 8.42 Å². The normalized spacial score (nSPS) is 11.9. The monoisotopic (exact) mass is 425 g/mol. The molecule has 0 bridgehead atoms. The molecule has 0 saturated carbocycles. The van der Waals surface area contributed by atoms with E-state index in [9.17, 15) is 8.42 Å². The quantitative estimate of drug-likeness (QED) is 0.446. The molecule has 0 fully saturated rings. The number of nitrogens with zero attached hydrogens (tertiary/aromatic N) is 2. The van der Waals surface area contributed by atoms with Crippen LogP contribution in [0, 0.1) is 6.92 Å². The van der Waals surface area contributed by atoms with Gasteiger partial charge in [0, 0.05) is 19.3 Å². The van der Waals surface area contributed by atoms with Gasteiger partial charge in [0.25, 0.3) is 0 Å². The maximum Gasteiger partial charge on any atom is 0.191 e. The van der Waals surface area contributed by atoms with Gasteiger partial charge in [0.1, 0.15) is 0 Å². The molecule has 0 amide bonds. The van der Waals surface area contributed by atoms with E-state index >= 15 is 0 Å². The highest BCUT2D eigenvalue weighted by Gasteiger charge is 2.10. The summed E-state index contributed by atoms with van der Waals surface area (Å²) >= 11 is 0. The minimum Gasteiger partial charge on any atom is -0.370 e. The first-order valence-corrected chi connectivity index (χ1v) is 8.53. The van der Waals surface area contributed by atoms with E-state index in [0.717, 1.165) is 24.2 Å². The van der Waals surface area contributed by atoms with Crippen molar-refractivity contribution in [2.75, 3.05) is 19.3 Å². The van der Waals surface area contributed by atoms with Crippen LogP contribution in [0.3, 0.4) is 0 Å². The zero-order chi connectivity index (χ0) is 15.3. The molecule has 0 heterocycles. The fraction of sp³-hybridized carbons (Fsp3) is 0.500. The van der Waals surface area contributed by atoms with E-state index < -0.39 is 9.84 Å². The predicted octanol–water partition coefficient (Wildman–Crippen LogP) is 2.17. The third-order valence-corrected chi connectivity index (χ3v) is 4.41. The second-order valence-electron chi connectivity index (χ2n) is 4.72. The Labute approximate surface area is 144 Å². The Bertz CT molecular complexity index is 596. The van der Waals surface area contributed by atoms with E-state index in [4.69, 9.17) is 5.73 Å². The molecule has 120 valence electrons. The van der Waals surface area contributed by atoms with Gasteiger partial charge in [-0.3, -0.25) is 0 Å². The highest BCUT2D eigenvalue weighted by molar-refractivity contribution is 14.0. The fourth-order valence-corrected chi connectivity index (χ4v) is 3.00. The molecule has 7 heteroatoms. The van der Waals surface area contributed by atoms with E-state index in [-0.39, 0.29) is 24.0 Å². The van der Waals surface area contributed by atoms with Crippen LogP contribution in [0.5, 0.6) is 0 Å². The average Bonchev–Trinajstić information content (AvgIpc) is 2.36. The number of halogens is 1. The summed E-state index contributed by atoms with van der Waals surface area (Å²) in [6, 6.07) is 5.25. The van der Waals surface area contributed by atoms with Gasteiger partial charge in [0.05, 0.1) is 11.4 Å². The number of aryl methyl sites for hydroxylation is 1. The van der Waals surface area contributed by atoms with Crippen LogP contribution in [-0.2, 0) is 16.4 Å². The maximum atomic E-state index is 11.5. The summed E-state index contributed by atoms with van der Waals surface area (Å²) < 4.78 is 23.1. The molecule has 0 aliphatic rings. The highest BCUT2D eigenvalue weighted by atomic mass is 127. The van der Waals surface area contributed by atoms with E-state index in [1.54, 1.807) is 19.1 Å². The Balaban J connectivity index is 0.00000400. The number of hydrogen-bond acceptors (Lipinski definition) is 3. The summed E-state index contributed by atoms with van der Waals surface area (Å²) in [5, 5.41) is 0. The molecule has 21 heavy (non-hydrogen) atoms. The Morgan fingerprint density at radius 1 is 1.29 bits per heavy atom. The van der Waals surface area contributed by atoms with E-state index in [1.807, 2.05) is 24.8 Å². The van der Waals surface area contributed by atoms with E-state index in [1.165, 1.54) is 6.26 Å². The third kappa shape index (κ3) is 5.82. The number of guanidine groups is 1. The Kier molecular flexibility index (Phi) is 8.23. The first-order chi connectivity index (χ1) is 9.29. The third-order valence-electron chi connectivity index (χ3n) is 3.15. The van der Waals surface area contributed by atoms with Gasteiger partial charge < -0.3 is 10.6 Å². The van der Waals surface area contributed by atoms with Crippen molar-refractivity contribution in [2.45, 2.75) is 32.2 Å². The number of rotatable bonds is 5. The van der Waals surface area contributed by atoms with Crippen molar-refractivity contribution in [2.24, 2.45) is 10.7 Å². The zero-order valence-electron chi connectivity index (χ0n) is 13.0. The molecule has 5 nitrogen and oxygen atoms in total. The van der Waals surface area contributed by atoms with Crippen LogP contribution in [0.2, 0.25) is 0 Å². The molecule has 0 aliphatic carbocycles. The van der Waals surface area contributed by atoms with Crippen molar-refractivity contribution >= 4 is 39.8 Å². The molecule has 0 aromatic heterocycles. The lowest BCUT2D eigenvalue weighted by molar-refractivity contribution is 0.458. The molecule has 0 spiro atoms. The summed E-state index contributed by atoms with van der Waals surface area (Å²) in [6.07, 6.45) is 1.21. The number of benzene rings is 1. The van der Waals surface area contributed by atoms with Gasteiger partial charge in [-0.25, -0.2) is 13.4 Å². The van der Waals surface area contributed by atoms with Crippen LogP contribution >= 0.6 is 24.0 Å². The lowest BCUT2D eigenvalue weighted by Gasteiger charge is -2.19. The summed E-state index contributed by atoms with van der Waals surface area (Å²) in [4.78, 5) is 6.67. The summed E-state index contributed by atoms with van der Waals surface area (Å²) in [5.41, 5.74) is 7.59. The Morgan fingerprint density at radius 2 is 1.86 bits per heavy atom. The molecular formula is C14H24IN3O2S. The van der Waals surface area contributed by atoms with Crippen molar-refractivity contribution in [1.82, 2.24) is 4.90 Å². The van der Waals surface area contributed by atoms with Crippen LogP contribution in [0.1, 0.15) is 25.0 Å². The van der Waals surface area contributed by atoms with E-state index in [0.29, 0.717) is 17.4 Å². The van der Waals surface area contributed by atoms with Crippen molar-refractivity contribution in [3.63, 3.8) is 0 Å². The Morgan fingerprint density at radius 3 is 2.29 bits per heavy atom. The van der Waals surface area contributed by atoms with Gasteiger partial charge >= 0.3 is 0 Å². The van der Waals surface area contributed by atoms with Crippen LogP contribution in [-0.4, -0.2) is 38.6 Å². The topological polar surface area (TPSA) is 75.8 Å². The highest BCUT2D eigenvalue weighted by Crippen LogP contribution is 2.17. The molecular weight excluding hydrogens is 401 g/mol. The van der Waals surface area contributed by atoms with Crippen LogP contribution in [0.25, 0.3) is 0 Å². The molecule has 1 rings (SSSR count). The molecule has 0 atom stereocenters. The smallest absolute Gasteiger partial charge is 0.191 e. The lowest BCUT2D eigenvalue weighted by Crippen LogP contribution is -2.37. The second-order valence-corrected chi connectivity index (χ2v) is 6.70. The number of nitrogens with two attached hydrogens (primary N) is 1.